The summed E-state index contributed by atoms with van der Waals surface area (Å²) < 4.78 is 18.1. The molecule has 1 aliphatic heterocycles. The number of halogens is 1. The summed E-state index contributed by atoms with van der Waals surface area (Å²) in [6, 6.07) is 6.31. The molecule has 1 fully saturated rings. The van der Waals surface area contributed by atoms with Crippen molar-refractivity contribution in [2.45, 2.75) is 5.41 Å². The number of nitrogens with one attached hydrogen (secondary N) is 1. The van der Waals surface area contributed by atoms with E-state index in [2.05, 4.69) is 9.97 Å². The van der Waals surface area contributed by atoms with E-state index in [-0.39, 0.29) is 11.2 Å². The first-order valence-corrected chi connectivity index (χ1v) is 5.83. The van der Waals surface area contributed by atoms with Crippen molar-refractivity contribution in [3.63, 3.8) is 0 Å². The lowest BCUT2D eigenvalue weighted by atomic mass is 9.85. The number of nitrogens with two attached hydrogens (primary N) is 1. The normalized spacial score (nSPS) is 17.4. The molecule has 3 N–H and O–H groups in total. The zero-order chi connectivity index (χ0) is 12.6. The van der Waals surface area contributed by atoms with Gasteiger partial charge in [0.15, 0.2) is 0 Å². The van der Waals surface area contributed by atoms with Crippen LogP contribution in [0.1, 0.15) is 5.82 Å². The molecule has 18 heavy (non-hydrogen) atoms. The van der Waals surface area contributed by atoms with Crippen molar-refractivity contribution in [2.24, 2.45) is 5.73 Å². The second kappa shape index (κ2) is 4.19. The zero-order valence-electron chi connectivity index (χ0n) is 9.82. The van der Waals surface area contributed by atoms with Gasteiger partial charge < -0.3 is 15.5 Å². The van der Waals surface area contributed by atoms with E-state index in [9.17, 15) is 4.39 Å². The first-order chi connectivity index (χ1) is 8.73. The van der Waals surface area contributed by atoms with Crippen LogP contribution in [0.15, 0.2) is 30.5 Å². The van der Waals surface area contributed by atoms with Crippen molar-refractivity contribution in [1.82, 2.24) is 9.97 Å². The Bertz CT molecular complexity index is 540. The van der Waals surface area contributed by atoms with E-state index < -0.39 is 0 Å². The molecule has 0 aliphatic carbocycles. The lowest BCUT2D eigenvalue weighted by Gasteiger charge is -2.38. The highest BCUT2D eigenvalue weighted by atomic mass is 19.1. The van der Waals surface area contributed by atoms with Gasteiger partial charge in [-0.05, 0) is 29.8 Å². The number of ether oxygens (including phenoxy) is 1. The second-order valence-corrected chi connectivity index (χ2v) is 4.63. The Kier molecular flexibility index (Phi) is 2.65. The summed E-state index contributed by atoms with van der Waals surface area (Å²) in [5, 5.41) is 0. The fourth-order valence-corrected chi connectivity index (χ4v) is 2.07. The van der Waals surface area contributed by atoms with Crippen LogP contribution in [0.2, 0.25) is 0 Å². The van der Waals surface area contributed by atoms with Crippen molar-refractivity contribution < 1.29 is 9.13 Å². The average molecular weight is 247 g/mol. The van der Waals surface area contributed by atoms with E-state index in [1.54, 1.807) is 18.3 Å². The standard InChI is InChI=1S/C13H14FN3O/c14-10-3-1-9(2-4-10)11-5-16-12(17-11)13(6-15)7-18-8-13/h1-5H,6-8,15H2,(H,16,17). The van der Waals surface area contributed by atoms with E-state index in [4.69, 9.17) is 10.5 Å². The van der Waals surface area contributed by atoms with E-state index in [0.717, 1.165) is 17.1 Å². The van der Waals surface area contributed by atoms with Gasteiger partial charge in [-0.3, -0.25) is 0 Å². The van der Waals surface area contributed by atoms with Crippen LogP contribution in [0.4, 0.5) is 4.39 Å². The Labute approximate surface area is 104 Å². The smallest absolute Gasteiger partial charge is 0.123 e. The molecule has 0 amide bonds. The highest BCUT2D eigenvalue weighted by molar-refractivity contribution is 5.58. The van der Waals surface area contributed by atoms with E-state index in [1.807, 2.05) is 0 Å². The topological polar surface area (TPSA) is 63.9 Å². The van der Waals surface area contributed by atoms with Gasteiger partial charge in [0.1, 0.15) is 11.6 Å². The van der Waals surface area contributed by atoms with Crippen LogP contribution in [-0.4, -0.2) is 29.7 Å². The molecule has 94 valence electrons. The Balaban J connectivity index is 1.91. The van der Waals surface area contributed by atoms with Gasteiger partial charge in [-0.1, -0.05) is 0 Å². The van der Waals surface area contributed by atoms with Gasteiger partial charge in [0.25, 0.3) is 0 Å². The van der Waals surface area contributed by atoms with Crippen LogP contribution in [0.5, 0.6) is 0 Å². The van der Waals surface area contributed by atoms with Crippen LogP contribution in [-0.2, 0) is 10.2 Å². The molecule has 4 nitrogen and oxygen atoms in total. The fourth-order valence-electron chi connectivity index (χ4n) is 2.07. The molecule has 0 saturated carbocycles. The Morgan fingerprint density at radius 1 is 1.33 bits per heavy atom. The molecule has 0 spiro atoms. The molecule has 2 aromatic rings. The monoisotopic (exact) mass is 247 g/mol. The van der Waals surface area contributed by atoms with Crippen molar-refractivity contribution in [2.75, 3.05) is 19.8 Å². The molecule has 1 aromatic heterocycles. The maximum absolute atomic E-state index is 12.9. The second-order valence-electron chi connectivity index (χ2n) is 4.63. The third-order valence-corrected chi connectivity index (χ3v) is 3.38. The number of rotatable bonds is 3. The molecule has 0 unspecified atom stereocenters. The van der Waals surface area contributed by atoms with Crippen molar-refractivity contribution in [1.29, 1.82) is 0 Å². The highest BCUT2D eigenvalue weighted by Gasteiger charge is 2.41. The Morgan fingerprint density at radius 3 is 2.61 bits per heavy atom. The van der Waals surface area contributed by atoms with Gasteiger partial charge in [-0.2, -0.15) is 0 Å². The van der Waals surface area contributed by atoms with E-state index >= 15 is 0 Å². The summed E-state index contributed by atoms with van der Waals surface area (Å²) in [6.45, 7) is 1.70. The average Bonchev–Trinajstić information content (AvgIpc) is 2.79. The third-order valence-electron chi connectivity index (χ3n) is 3.38. The number of imidazole rings is 1. The van der Waals surface area contributed by atoms with Gasteiger partial charge in [0, 0.05) is 6.54 Å². The van der Waals surface area contributed by atoms with Crippen molar-refractivity contribution >= 4 is 0 Å². The summed E-state index contributed by atoms with van der Waals surface area (Å²) in [4.78, 5) is 7.62. The highest BCUT2D eigenvalue weighted by Crippen LogP contribution is 2.30. The quantitative estimate of drug-likeness (QED) is 0.862. The number of nitrogens with zero attached hydrogens (tertiary/aromatic N) is 1. The van der Waals surface area contributed by atoms with Crippen LogP contribution in [0, 0.1) is 5.82 Å². The van der Waals surface area contributed by atoms with Gasteiger partial charge in [-0.25, -0.2) is 9.37 Å². The van der Waals surface area contributed by atoms with Crippen LogP contribution in [0.3, 0.4) is 0 Å². The van der Waals surface area contributed by atoms with Gasteiger partial charge in [0.05, 0.1) is 30.5 Å². The maximum Gasteiger partial charge on any atom is 0.123 e. The molecule has 5 heteroatoms. The summed E-state index contributed by atoms with van der Waals surface area (Å²) in [7, 11) is 0. The molecule has 1 aromatic carbocycles. The third kappa shape index (κ3) is 1.72. The minimum atomic E-state index is -0.246. The van der Waals surface area contributed by atoms with Crippen LogP contribution in [0.25, 0.3) is 11.3 Å². The number of hydrogen-bond acceptors (Lipinski definition) is 3. The first-order valence-electron chi connectivity index (χ1n) is 5.83. The summed E-state index contributed by atoms with van der Waals surface area (Å²) in [5.74, 6) is 0.597. The number of hydrogen-bond donors (Lipinski definition) is 2. The molecule has 0 atom stereocenters. The van der Waals surface area contributed by atoms with Gasteiger partial charge >= 0.3 is 0 Å². The molecule has 1 aliphatic rings. The molecule has 3 rings (SSSR count). The summed E-state index contributed by atoms with van der Waals surface area (Å²) in [6.07, 6.45) is 1.75. The SMILES string of the molecule is NCC1(c2ncc(-c3ccc(F)cc3)[nH]2)COC1. The van der Waals surface area contributed by atoms with Crippen LogP contribution >= 0.6 is 0 Å². The number of H-pyrrole nitrogens is 1. The molecule has 0 bridgehead atoms. The largest absolute Gasteiger partial charge is 0.379 e. The Hall–Kier alpha value is -1.72. The lowest BCUT2D eigenvalue weighted by Crippen LogP contribution is -2.52. The summed E-state index contributed by atoms with van der Waals surface area (Å²) >= 11 is 0. The predicted molar refractivity (Wildman–Crippen MR) is 65.5 cm³/mol. The van der Waals surface area contributed by atoms with E-state index in [1.165, 1.54) is 12.1 Å². The lowest BCUT2D eigenvalue weighted by molar-refractivity contribution is -0.0589. The van der Waals surface area contributed by atoms with Crippen molar-refractivity contribution in [3.8, 4) is 11.3 Å². The van der Waals surface area contributed by atoms with Gasteiger partial charge in [-0.15, -0.1) is 0 Å². The number of aromatic nitrogens is 2. The zero-order valence-corrected chi connectivity index (χ0v) is 9.82. The maximum atomic E-state index is 12.9. The van der Waals surface area contributed by atoms with Gasteiger partial charge in [0.2, 0.25) is 0 Å². The Morgan fingerprint density at radius 2 is 2.06 bits per heavy atom. The minimum absolute atomic E-state index is 0.182. The molecule has 1 saturated heterocycles. The molecule has 2 heterocycles. The number of benzene rings is 1. The number of aromatic amines is 1. The molecular formula is C13H14FN3O. The fraction of sp³-hybridized carbons (Fsp3) is 0.308. The minimum Gasteiger partial charge on any atom is -0.379 e. The van der Waals surface area contributed by atoms with E-state index in [0.29, 0.717) is 19.8 Å². The van der Waals surface area contributed by atoms with Crippen LogP contribution < -0.4 is 5.73 Å². The first kappa shape index (κ1) is 11.4. The van der Waals surface area contributed by atoms with Crippen molar-refractivity contribution in [3.05, 3.63) is 42.1 Å². The predicted octanol–water partition coefficient (Wildman–Crippen LogP) is 1.44. The molecular weight excluding hydrogens is 233 g/mol. The summed E-state index contributed by atoms with van der Waals surface area (Å²) in [5.41, 5.74) is 7.37. The molecule has 0 radical (unpaired) electrons.